The van der Waals surface area contributed by atoms with Crippen molar-refractivity contribution in [2.75, 3.05) is 30.6 Å². The monoisotopic (exact) mass is 581 g/mol. The maximum atomic E-state index is 2.57. The molecule has 4 aromatic carbocycles. The molecule has 0 saturated heterocycles. The Morgan fingerprint density at radius 3 is 1.22 bits per heavy atom. The number of hydrogen-bond donors (Lipinski definition) is 0. The molecule has 1 aliphatic rings. The van der Waals surface area contributed by atoms with Gasteiger partial charge < -0.3 is 9.80 Å². The molecule has 0 N–H and O–H groups in total. The number of rotatable bonds is 2. The Morgan fingerprint density at radius 2 is 0.878 bits per heavy atom. The molecular weight excluding hydrogens is 534 g/mol. The minimum atomic E-state index is -1.84. The summed E-state index contributed by atoms with van der Waals surface area (Å²) < 4.78 is 0. The lowest BCUT2D eigenvalue weighted by Crippen LogP contribution is -2.36. The summed E-state index contributed by atoms with van der Waals surface area (Å²) in [7, 11) is 2.13. The average Bonchev–Trinajstić information content (AvgIpc) is 2.92. The third-order valence-corrected chi connectivity index (χ3v) is 16.7. The van der Waals surface area contributed by atoms with E-state index in [-0.39, 0.29) is 0 Å². The fraction of sp³-hybridized carbons (Fsp3) is 0.351. The number of anilines is 4. The summed E-state index contributed by atoms with van der Waals surface area (Å²) in [6.45, 7) is 21.2. The molecule has 0 aromatic heterocycles. The van der Waals surface area contributed by atoms with Crippen molar-refractivity contribution in [1.82, 2.24) is 0 Å². The number of fused-ring (bicyclic) bond motifs is 4. The maximum Gasteiger partial charge on any atom is 0.123 e. The van der Waals surface area contributed by atoms with Gasteiger partial charge in [0, 0.05) is 36.1 Å². The lowest BCUT2D eigenvalue weighted by atomic mass is 10.1. The molecule has 0 unspecified atom stereocenters. The van der Waals surface area contributed by atoms with Crippen LogP contribution in [0, 0.1) is 27.7 Å². The second-order valence-corrected chi connectivity index (χ2v) is 19.6. The van der Waals surface area contributed by atoms with Gasteiger partial charge in [-0.3, -0.25) is 0 Å². The number of nitrogens with zero attached hydrogens (tertiary/aromatic N) is 2. The van der Waals surface area contributed by atoms with Crippen LogP contribution in [0.5, 0.6) is 0 Å². The SMILES string of the molecule is Cc1ccc2c(c1)N(C)c1cc(C)ccc1[P+](C)(C(C)C)c1ccc(C)cc1N(C)c1cc(C)ccc1P2C(C)C. The highest BCUT2D eigenvalue weighted by molar-refractivity contribution is 7.90. The summed E-state index contributed by atoms with van der Waals surface area (Å²) >= 11 is 0. The van der Waals surface area contributed by atoms with Gasteiger partial charge in [-0.15, -0.1) is 0 Å². The standard InChI is InChI=1S/C37H47N2P2/c1-24(2)40-34-16-12-26(5)20-30(34)38(9)32-22-28(7)14-18-36(32)41(11,25(3)4)37-19-15-29(8)23-33(37)39(10)31-21-27(6)13-17-35(31)40/h12-25H,1-11H3/q+1. The zero-order valence-electron chi connectivity index (χ0n) is 26.9. The van der Waals surface area contributed by atoms with Gasteiger partial charge >= 0.3 is 0 Å². The topological polar surface area (TPSA) is 6.48 Å². The molecule has 4 aromatic rings. The molecular formula is C37H47N2P2+. The minimum absolute atomic E-state index is 0.483. The number of aryl methyl sites for hydroxylation is 4. The van der Waals surface area contributed by atoms with Crippen molar-refractivity contribution in [1.29, 1.82) is 0 Å². The average molecular weight is 582 g/mol. The van der Waals surface area contributed by atoms with Crippen molar-refractivity contribution < 1.29 is 0 Å². The van der Waals surface area contributed by atoms with Crippen LogP contribution in [0.15, 0.2) is 72.8 Å². The third kappa shape index (κ3) is 5.13. The zero-order chi connectivity index (χ0) is 29.8. The number of benzene rings is 4. The van der Waals surface area contributed by atoms with E-state index in [0.29, 0.717) is 11.3 Å². The van der Waals surface area contributed by atoms with Crippen molar-refractivity contribution in [3.8, 4) is 0 Å². The van der Waals surface area contributed by atoms with Gasteiger partial charge in [-0.25, -0.2) is 0 Å². The summed E-state index contributed by atoms with van der Waals surface area (Å²) in [6, 6.07) is 28.7. The van der Waals surface area contributed by atoms with Crippen LogP contribution >= 0.6 is 15.2 Å². The van der Waals surface area contributed by atoms with Crippen LogP contribution in [0.25, 0.3) is 0 Å². The van der Waals surface area contributed by atoms with Crippen LogP contribution in [0.3, 0.4) is 0 Å². The van der Waals surface area contributed by atoms with Crippen molar-refractivity contribution >= 4 is 59.2 Å². The van der Waals surface area contributed by atoms with Gasteiger partial charge in [0.1, 0.15) is 10.6 Å². The Morgan fingerprint density at radius 1 is 0.537 bits per heavy atom. The van der Waals surface area contributed by atoms with Gasteiger partial charge in [0.2, 0.25) is 0 Å². The van der Waals surface area contributed by atoms with Crippen LogP contribution in [0.2, 0.25) is 0 Å². The van der Waals surface area contributed by atoms with E-state index in [9.17, 15) is 0 Å². The predicted octanol–water partition coefficient (Wildman–Crippen LogP) is 8.62. The Bertz CT molecular complexity index is 1490. The summed E-state index contributed by atoms with van der Waals surface area (Å²) in [6.07, 6.45) is 0. The van der Waals surface area contributed by atoms with Crippen LogP contribution in [-0.2, 0) is 0 Å². The van der Waals surface area contributed by atoms with E-state index in [1.807, 2.05) is 0 Å². The first-order valence-electron chi connectivity index (χ1n) is 14.9. The second-order valence-electron chi connectivity index (χ2n) is 12.7. The molecule has 0 radical (unpaired) electrons. The highest BCUT2D eigenvalue weighted by Crippen LogP contribution is 2.61. The molecule has 1 aliphatic heterocycles. The van der Waals surface area contributed by atoms with Crippen LogP contribution in [0.4, 0.5) is 22.7 Å². The second kappa shape index (κ2) is 11.2. The van der Waals surface area contributed by atoms with Gasteiger partial charge in [0.15, 0.2) is 0 Å². The van der Waals surface area contributed by atoms with Crippen LogP contribution in [-0.4, -0.2) is 32.1 Å². The van der Waals surface area contributed by atoms with E-state index in [2.05, 4.69) is 159 Å². The highest BCUT2D eigenvalue weighted by Gasteiger charge is 2.46. The van der Waals surface area contributed by atoms with E-state index >= 15 is 0 Å². The fourth-order valence-electron chi connectivity index (χ4n) is 6.43. The molecule has 0 bridgehead atoms. The smallest absolute Gasteiger partial charge is 0.123 e. The quantitative estimate of drug-likeness (QED) is 0.219. The van der Waals surface area contributed by atoms with Crippen LogP contribution in [0.1, 0.15) is 49.9 Å². The van der Waals surface area contributed by atoms with Gasteiger partial charge in [-0.1, -0.05) is 50.2 Å². The van der Waals surface area contributed by atoms with E-state index in [4.69, 9.17) is 0 Å². The lowest BCUT2D eigenvalue weighted by Gasteiger charge is -2.38. The highest BCUT2D eigenvalue weighted by atomic mass is 31.2. The first kappa shape index (κ1) is 29.8. The van der Waals surface area contributed by atoms with Gasteiger partial charge in [0.05, 0.1) is 31.0 Å². The molecule has 41 heavy (non-hydrogen) atoms. The van der Waals surface area contributed by atoms with Crippen LogP contribution < -0.4 is 31.0 Å². The molecule has 0 aliphatic carbocycles. The van der Waals surface area contributed by atoms with Crippen molar-refractivity contribution in [2.45, 2.75) is 66.7 Å². The van der Waals surface area contributed by atoms with Gasteiger partial charge in [-0.05, 0) is 114 Å². The molecule has 0 amide bonds. The molecule has 0 spiro atoms. The van der Waals surface area contributed by atoms with Crippen molar-refractivity contribution in [3.05, 3.63) is 95.1 Å². The normalized spacial score (nSPS) is 18.8. The van der Waals surface area contributed by atoms with E-state index in [1.54, 1.807) is 0 Å². The van der Waals surface area contributed by atoms with Crippen molar-refractivity contribution in [3.63, 3.8) is 0 Å². The summed E-state index contributed by atoms with van der Waals surface area (Å²) in [5.41, 5.74) is 11.6. The predicted molar refractivity (Wildman–Crippen MR) is 189 cm³/mol. The van der Waals surface area contributed by atoms with Crippen molar-refractivity contribution in [2.24, 2.45) is 0 Å². The third-order valence-electron chi connectivity index (χ3n) is 9.04. The molecule has 5 rings (SSSR count). The Kier molecular flexibility index (Phi) is 8.15. The molecule has 0 atom stereocenters. The first-order chi connectivity index (χ1) is 19.3. The minimum Gasteiger partial charge on any atom is -0.341 e. The van der Waals surface area contributed by atoms with E-state index in [1.165, 1.54) is 66.2 Å². The Hall–Kier alpha value is -2.66. The maximum absolute atomic E-state index is 2.57. The fourth-order valence-corrected chi connectivity index (χ4v) is 12.7. The van der Waals surface area contributed by atoms with Gasteiger partial charge in [0.25, 0.3) is 0 Å². The van der Waals surface area contributed by atoms with E-state index < -0.39 is 15.2 Å². The molecule has 1 heterocycles. The largest absolute Gasteiger partial charge is 0.341 e. The zero-order valence-corrected chi connectivity index (χ0v) is 28.7. The van der Waals surface area contributed by atoms with E-state index in [0.717, 1.165) is 0 Å². The summed E-state index contributed by atoms with van der Waals surface area (Å²) in [5, 5.41) is 5.91. The summed E-state index contributed by atoms with van der Waals surface area (Å²) in [4.78, 5) is 5.05. The Labute approximate surface area is 250 Å². The lowest BCUT2D eigenvalue weighted by molar-refractivity contribution is 1.08. The molecule has 2 nitrogen and oxygen atoms in total. The molecule has 0 saturated carbocycles. The Balaban J connectivity index is 2.00. The summed E-state index contributed by atoms with van der Waals surface area (Å²) in [5.74, 6) is 0. The molecule has 214 valence electrons. The number of hydrogen-bond acceptors (Lipinski definition) is 2. The van der Waals surface area contributed by atoms with Gasteiger partial charge in [-0.2, -0.15) is 0 Å². The molecule has 0 fully saturated rings. The molecule has 4 heteroatoms. The first-order valence-corrected chi connectivity index (χ1v) is 18.6.